The Morgan fingerprint density at radius 1 is 1.59 bits per heavy atom. The fraction of sp³-hybridized carbons (Fsp3) is 0.500. The smallest absolute Gasteiger partial charge is 0.407 e. The second kappa shape index (κ2) is 4.79. The van der Waals surface area contributed by atoms with Gasteiger partial charge in [-0.1, -0.05) is 11.8 Å². The highest BCUT2D eigenvalue weighted by Gasteiger charge is 2.21. The topological polar surface area (TPSA) is 86.3 Å². The third-order valence-corrected chi connectivity index (χ3v) is 3.31. The van der Waals surface area contributed by atoms with Gasteiger partial charge in [0.2, 0.25) is 0 Å². The summed E-state index contributed by atoms with van der Waals surface area (Å²) in [7, 11) is 0. The maximum Gasteiger partial charge on any atom is 0.407 e. The van der Waals surface area contributed by atoms with E-state index in [1.807, 2.05) is 6.26 Å². The second-order valence-electron chi connectivity index (χ2n) is 3.81. The number of aromatic amines is 1. The van der Waals surface area contributed by atoms with E-state index in [2.05, 4.69) is 9.97 Å². The molecular weight excluding hydrogens is 242 g/mol. The molecule has 1 aliphatic rings. The molecule has 0 unspecified atom stereocenters. The van der Waals surface area contributed by atoms with Crippen LogP contribution >= 0.6 is 11.8 Å². The van der Waals surface area contributed by atoms with Gasteiger partial charge in [0.1, 0.15) is 0 Å². The summed E-state index contributed by atoms with van der Waals surface area (Å²) in [5.74, 6) is 0. The predicted molar refractivity (Wildman–Crippen MR) is 63.4 cm³/mol. The Morgan fingerprint density at radius 2 is 2.35 bits per heavy atom. The molecule has 0 saturated carbocycles. The van der Waals surface area contributed by atoms with Gasteiger partial charge >= 0.3 is 6.09 Å². The Bertz CT molecular complexity index is 500. The average molecular weight is 255 g/mol. The highest BCUT2D eigenvalue weighted by atomic mass is 32.2. The summed E-state index contributed by atoms with van der Waals surface area (Å²) >= 11 is 1.37. The van der Waals surface area contributed by atoms with Gasteiger partial charge in [-0.05, 0) is 19.1 Å². The van der Waals surface area contributed by atoms with Crippen molar-refractivity contribution in [2.45, 2.75) is 24.5 Å². The molecule has 0 radical (unpaired) electrons. The van der Waals surface area contributed by atoms with E-state index >= 15 is 0 Å². The normalized spacial score (nSPS) is 15.2. The van der Waals surface area contributed by atoms with E-state index in [9.17, 15) is 9.59 Å². The minimum Gasteiger partial charge on any atom is -0.465 e. The van der Waals surface area contributed by atoms with Crippen molar-refractivity contribution in [1.29, 1.82) is 0 Å². The lowest BCUT2D eigenvalue weighted by Gasteiger charge is -2.15. The Morgan fingerprint density at radius 3 is 3.00 bits per heavy atom. The molecule has 1 aromatic rings. The van der Waals surface area contributed by atoms with E-state index in [0.29, 0.717) is 30.1 Å². The second-order valence-corrected chi connectivity index (χ2v) is 4.60. The van der Waals surface area contributed by atoms with Crippen LogP contribution in [0.2, 0.25) is 0 Å². The molecular formula is C10H13N3O3S. The van der Waals surface area contributed by atoms with Crippen LogP contribution in [0, 0.1) is 0 Å². The van der Waals surface area contributed by atoms with Crippen LogP contribution < -0.4 is 5.56 Å². The lowest BCUT2D eigenvalue weighted by atomic mass is 10.1. The van der Waals surface area contributed by atoms with Crippen molar-refractivity contribution in [3.8, 4) is 0 Å². The summed E-state index contributed by atoms with van der Waals surface area (Å²) in [6.07, 6.45) is 2.19. The maximum absolute atomic E-state index is 11.8. The molecule has 2 N–H and O–H groups in total. The molecule has 7 heteroatoms. The first-order valence-electron chi connectivity index (χ1n) is 5.25. The molecule has 0 aliphatic carbocycles. The van der Waals surface area contributed by atoms with Crippen LogP contribution in [0.4, 0.5) is 4.79 Å². The van der Waals surface area contributed by atoms with Gasteiger partial charge < -0.3 is 15.0 Å². The summed E-state index contributed by atoms with van der Waals surface area (Å²) in [5.41, 5.74) is 0.969. The number of H-pyrrole nitrogens is 1. The number of carboxylic acid groups (broad SMARTS) is 1. The van der Waals surface area contributed by atoms with Gasteiger partial charge in [-0.2, -0.15) is 0 Å². The number of amides is 1. The molecule has 0 spiro atoms. The van der Waals surface area contributed by atoms with Crippen molar-refractivity contribution in [3.05, 3.63) is 21.6 Å². The molecule has 17 heavy (non-hydrogen) atoms. The number of carbonyl (C=O) groups is 1. The van der Waals surface area contributed by atoms with Crippen LogP contribution in [0.5, 0.6) is 0 Å². The summed E-state index contributed by atoms with van der Waals surface area (Å²) < 4.78 is 0. The number of hydrogen-bond acceptors (Lipinski definition) is 4. The van der Waals surface area contributed by atoms with E-state index in [1.165, 1.54) is 16.7 Å². The van der Waals surface area contributed by atoms with Crippen molar-refractivity contribution in [2.24, 2.45) is 0 Å². The Balaban J connectivity index is 2.42. The third-order valence-electron chi connectivity index (χ3n) is 2.73. The number of nitrogens with zero attached hydrogens (tertiary/aromatic N) is 2. The monoisotopic (exact) mass is 255 g/mol. The van der Waals surface area contributed by atoms with Gasteiger partial charge in [0.25, 0.3) is 5.56 Å². The van der Waals surface area contributed by atoms with Crippen LogP contribution in [0.1, 0.15) is 17.7 Å². The lowest BCUT2D eigenvalue weighted by molar-refractivity contribution is 0.143. The number of aryl methyl sites for hydroxylation is 1. The van der Waals surface area contributed by atoms with E-state index in [0.717, 1.165) is 5.69 Å². The van der Waals surface area contributed by atoms with Gasteiger partial charge in [0, 0.05) is 6.54 Å². The van der Waals surface area contributed by atoms with E-state index in [4.69, 9.17) is 5.11 Å². The molecule has 1 amide bonds. The summed E-state index contributed by atoms with van der Waals surface area (Å²) in [6, 6.07) is 0. The molecule has 92 valence electrons. The molecule has 0 bridgehead atoms. The zero-order valence-corrected chi connectivity index (χ0v) is 10.2. The number of thioether (sulfide) groups is 1. The molecule has 2 rings (SSSR count). The van der Waals surface area contributed by atoms with Gasteiger partial charge in [-0.3, -0.25) is 4.79 Å². The highest BCUT2D eigenvalue weighted by molar-refractivity contribution is 7.98. The minimum absolute atomic E-state index is 0.127. The van der Waals surface area contributed by atoms with E-state index in [-0.39, 0.29) is 12.1 Å². The third kappa shape index (κ3) is 2.44. The summed E-state index contributed by atoms with van der Waals surface area (Å²) in [6.45, 7) is 0.571. The highest BCUT2D eigenvalue weighted by Crippen LogP contribution is 2.16. The zero-order valence-electron chi connectivity index (χ0n) is 9.39. The van der Waals surface area contributed by atoms with Crippen molar-refractivity contribution < 1.29 is 9.90 Å². The fourth-order valence-corrected chi connectivity index (χ4v) is 2.25. The minimum atomic E-state index is -0.994. The molecule has 2 heterocycles. The number of aromatic nitrogens is 2. The quantitative estimate of drug-likeness (QED) is 0.575. The van der Waals surface area contributed by atoms with Crippen molar-refractivity contribution in [3.63, 3.8) is 0 Å². The van der Waals surface area contributed by atoms with E-state index < -0.39 is 6.09 Å². The maximum atomic E-state index is 11.8. The summed E-state index contributed by atoms with van der Waals surface area (Å²) in [5, 5.41) is 9.55. The predicted octanol–water partition coefficient (Wildman–Crippen LogP) is 0.918. The largest absolute Gasteiger partial charge is 0.465 e. The standard InChI is InChI=1S/C10H13N3O3S/c1-17-9-11-7-3-2-4-13(10(15)16)5-6(7)8(14)12-9/h2-5H2,1H3,(H,15,16)(H,11,12,14). The SMILES string of the molecule is CSc1nc2c(c(=O)[nH]1)CN(C(=O)O)CCC2. The summed E-state index contributed by atoms with van der Waals surface area (Å²) in [4.78, 5) is 31.0. The Kier molecular flexibility index (Phi) is 3.37. The van der Waals surface area contributed by atoms with Crippen molar-refractivity contribution >= 4 is 17.9 Å². The molecule has 0 aromatic carbocycles. The molecule has 0 atom stereocenters. The number of hydrogen-bond donors (Lipinski definition) is 2. The molecule has 0 fully saturated rings. The number of fused-ring (bicyclic) bond motifs is 1. The van der Waals surface area contributed by atoms with Gasteiger partial charge in [0.15, 0.2) is 5.16 Å². The van der Waals surface area contributed by atoms with Crippen LogP contribution in [0.3, 0.4) is 0 Å². The molecule has 0 saturated heterocycles. The molecule has 6 nitrogen and oxygen atoms in total. The average Bonchev–Trinajstić information content (AvgIpc) is 2.51. The van der Waals surface area contributed by atoms with Crippen molar-refractivity contribution in [2.75, 3.05) is 12.8 Å². The Labute approximate surface area is 102 Å². The zero-order chi connectivity index (χ0) is 12.4. The first kappa shape index (κ1) is 12.0. The van der Waals surface area contributed by atoms with Gasteiger partial charge in [0.05, 0.1) is 17.8 Å². The van der Waals surface area contributed by atoms with E-state index in [1.54, 1.807) is 0 Å². The van der Waals surface area contributed by atoms with Crippen LogP contribution in [-0.2, 0) is 13.0 Å². The first-order chi connectivity index (χ1) is 8.11. The van der Waals surface area contributed by atoms with Crippen LogP contribution in [0.15, 0.2) is 9.95 Å². The van der Waals surface area contributed by atoms with Crippen LogP contribution in [0.25, 0.3) is 0 Å². The number of rotatable bonds is 1. The lowest BCUT2D eigenvalue weighted by Crippen LogP contribution is -2.31. The van der Waals surface area contributed by atoms with Crippen LogP contribution in [-0.4, -0.2) is 38.9 Å². The number of nitrogens with one attached hydrogen (secondary N) is 1. The Hall–Kier alpha value is -1.50. The van der Waals surface area contributed by atoms with Crippen molar-refractivity contribution in [1.82, 2.24) is 14.9 Å². The van der Waals surface area contributed by atoms with Gasteiger partial charge in [-0.25, -0.2) is 9.78 Å². The molecule has 1 aliphatic heterocycles. The van der Waals surface area contributed by atoms with Gasteiger partial charge in [-0.15, -0.1) is 0 Å². The molecule has 1 aromatic heterocycles. The fourth-order valence-electron chi connectivity index (χ4n) is 1.86. The first-order valence-corrected chi connectivity index (χ1v) is 6.48.